The fourth-order valence-corrected chi connectivity index (χ4v) is 9.57. The molecule has 2 bridgehead atoms. The number of rotatable bonds is 9. The molecule has 2 amide bonds. The fraction of sp³-hybridized carbons (Fsp3) is 0.410. The molecule has 2 N–H and O–H groups in total. The van der Waals surface area contributed by atoms with E-state index in [0.717, 1.165) is 76.6 Å². The van der Waals surface area contributed by atoms with Crippen molar-refractivity contribution in [3.63, 3.8) is 0 Å². The van der Waals surface area contributed by atoms with E-state index in [1.807, 2.05) is 41.0 Å². The van der Waals surface area contributed by atoms with Crippen LogP contribution in [-0.4, -0.2) is 92.9 Å². The van der Waals surface area contributed by atoms with Crippen molar-refractivity contribution in [3.05, 3.63) is 72.6 Å². The highest BCUT2D eigenvalue weighted by atomic mass is 32.1. The van der Waals surface area contributed by atoms with Gasteiger partial charge in [-0.15, -0.1) is 10.2 Å². The number of fused-ring (bicyclic) bond motifs is 3. The summed E-state index contributed by atoms with van der Waals surface area (Å²) in [5.41, 5.74) is 6.44. The van der Waals surface area contributed by atoms with Crippen LogP contribution in [0.4, 0.5) is 16.5 Å². The highest BCUT2D eigenvalue weighted by Crippen LogP contribution is 2.39. The van der Waals surface area contributed by atoms with Crippen molar-refractivity contribution in [1.29, 1.82) is 5.26 Å². The van der Waals surface area contributed by atoms with Gasteiger partial charge in [0, 0.05) is 75.0 Å². The lowest BCUT2D eigenvalue weighted by molar-refractivity contribution is -0.134. The maximum absolute atomic E-state index is 12.3. The Balaban J connectivity index is 0.822. The van der Waals surface area contributed by atoms with Gasteiger partial charge >= 0.3 is 0 Å². The number of piperidine rings is 2. The molecule has 0 aliphatic carbocycles. The van der Waals surface area contributed by atoms with E-state index in [9.17, 15) is 14.9 Å². The fourth-order valence-electron chi connectivity index (χ4n) is 8.68. The van der Waals surface area contributed by atoms with E-state index in [-0.39, 0.29) is 24.3 Å². The highest BCUT2D eigenvalue weighted by molar-refractivity contribution is 7.18. The van der Waals surface area contributed by atoms with Crippen LogP contribution in [0.25, 0.3) is 27.5 Å². The van der Waals surface area contributed by atoms with Gasteiger partial charge in [-0.05, 0) is 86.1 Å². The Morgan fingerprint density at radius 3 is 2.53 bits per heavy atom. The molecule has 8 heterocycles. The smallest absolute Gasteiger partial charge is 0.234 e. The van der Waals surface area contributed by atoms with Crippen LogP contribution in [0.15, 0.2) is 67.0 Å². The number of hydrogen-bond donors (Lipinski definition) is 2. The summed E-state index contributed by atoms with van der Waals surface area (Å²) >= 11 is 1.59. The predicted molar refractivity (Wildman–Crippen MR) is 204 cm³/mol. The summed E-state index contributed by atoms with van der Waals surface area (Å²) in [4.78, 5) is 36.3. The number of anilines is 3. The number of nitriles is 1. The Labute approximate surface area is 311 Å². The lowest BCUT2D eigenvalue weighted by atomic mass is 9.90. The Hall–Kier alpha value is -5.39. The standard InChI is InChI=1S/C39H41N11O2S/c40-15-17-41-33-20-34(35-11-9-28-2-1-16-43-50(28)35)42-21-32(33)38-45-46-39(53-38)48-23-29-7-8-30(24-48)49(29)22-25-13-18-47(19-14-25)27-5-3-26(4-6-27)31-10-12-36(51)44-37(31)52/h1-6,9,11,16,20-21,25,29-31H,7-8,10,12-14,17-19,22-24H2,(H,41,42)(H,44,51,52)/t29?,30?,31-/m1/s1. The van der Waals surface area contributed by atoms with Crippen LogP contribution in [-0.2, 0) is 9.59 Å². The summed E-state index contributed by atoms with van der Waals surface area (Å²) in [6.45, 7) is 5.28. The minimum Gasteiger partial charge on any atom is -0.372 e. The highest BCUT2D eigenvalue weighted by Gasteiger charge is 2.42. The number of hydrogen-bond acceptors (Lipinski definition) is 12. The maximum atomic E-state index is 12.3. The lowest BCUT2D eigenvalue weighted by Crippen LogP contribution is -2.55. The molecule has 4 aliphatic rings. The Bertz CT molecular complexity index is 2170. The normalized spacial score (nSPS) is 22.3. The monoisotopic (exact) mass is 727 g/mol. The molecule has 13 nitrogen and oxygen atoms in total. The summed E-state index contributed by atoms with van der Waals surface area (Å²) in [5, 5.41) is 30.6. The molecule has 0 saturated carbocycles. The van der Waals surface area contributed by atoms with Gasteiger partial charge in [0.05, 0.1) is 34.5 Å². The van der Waals surface area contributed by atoms with Crippen molar-refractivity contribution in [2.45, 2.75) is 56.5 Å². The van der Waals surface area contributed by atoms with Gasteiger partial charge in [-0.25, -0.2) is 4.52 Å². The topological polar surface area (TPSA) is 148 Å². The molecule has 14 heteroatoms. The molecule has 4 aromatic heterocycles. The molecule has 4 fully saturated rings. The molecule has 2 unspecified atom stereocenters. The van der Waals surface area contributed by atoms with Gasteiger partial charge in [-0.1, -0.05) is 23.5 Å². The van der Waals surface area contributed by atoms with Crippen LogP contribution in [0, 0.1) is 17.2 Å². The number of carbonyl (C=O) groups is 2. The molecule has 3 atom stereocenters. The van der Waals surface area contributed by atoms with E-state index >= 15 is 0 Å². The van der Waals surface area contributed by atoms with Crippen LogP contribution in [0.1, 0.15) is 50.0 Å². The van der Waals surface area contributed by atoms with E-state index < -0.39 is 0 Å². The van der Waals surface area contributed by atoms with Crippen molar-refractivity contribution >= 4 is 45.2 Å². The van der Waals surface area contributed by atoms with Crippen molar-refractivity contribution in [1.82, 2.24) is 35.0 Å². The van der Waals surface area contributed by atoms with Gasteiger partial charge in [-0.3, -0.25) is 24.8 Å². The Kier molecular flexibility index (Phi) is 8.97. The number of nitrogens with one attached hydrogen (secondary N) is 2. The average molecular weight is 728 g/mol. The van der Waals surface area contributed by atoms with E-state index in [2.05, 4.69) is 71.0 Å². The molecule has 1 aromatic carbocycles. The van der Waals surface area contributed by atoms with Gasteiger partial charge in [0.15, 0.2) is 5.01 Å². The lowest BCUT2D eigenvalue weighted by Gasteiger charge is -2.43. The van der Waals surface area contributed by atoms with Gasteiger partial charge < -0.3 is 15.1 Å². The predicted octanol–water partition coefficient (Wildman–Crippen LogP) is 4.94. The van der Waals surface area contributed by atoms with E-state index in [4.69, 9.17) is 4.98 Å². The van der Waals surface area contributed by atoms with Crippen molar-refractivity contribution in [2.24, 2.45) is 5.92 Å². The summed E-state index contributed by atoms with van der Waals surface area (Å²) in [6, 6.07) is 21.5. The molecule has 4 aliphatic heterocycles. The van der Waals surface area contributed by atoms with E-state index in [0.29, 0.717) is 30.8 Å². The first kappa shape index (κ1) is 33.4. The minimum atomic E-state index is -0.243. The number of aromatic nitrogens is 5. The third-order valence-corrected chi connectivity index (χ3v) is 12.5. The van der Waals surface area contributed by atoms with Crippen molar-refractivity contribution in [2.75, 3.05) is 54.4 Å². The summed E-state index contributed by atoms with van der Waals surface area (Å²) in [6.07, 6.45) is 9.31. The second kappa shape index (κ2) is 14.2. The first-order valence-corrected chi connectivity index (χ1v) is 19.4. The molecule has 0 spiro atoms. The third kappa shape index (κ3) is 6.59. The first-order chi connectivity index (χ1) is 26.0. The zero-order valence-corrected chi connectivity index (χ0v) is 30.2. The van der Waals surface area contributed by atoms with Crippen molar-refractivity contribution < 1.29 is 9.59 Å². The van der Waals surface area contributed by atoms with Crippen LogP contribution in [0.2, 0.25) is 0 Å². The number of benzene rings is 1. The second-order valence-corrected chi connectivity index (χ2v) is 15.6. The third-order valence-electron chi connectivity index (χ3n) is 11.5. The Morgan fingerprint density at radius 2 is 1.75 bits per heavy atom. The average Bonchev–Trinajstić information content (AvgIpc) is 3.90. The van der Waals surface area contributed by atoms with Gasteiger partial charge in [-0.2, -0.15) is 10.4 Å². The SMILES string of the molecule is N#CCNc1cc(-c2ccc3cccnn23)ncc1-c1nnc(N2CC3CCC(C2)N3CC2CCN(c3ccc([C@H]4CCC(=O)NC4=O)cc3)CC2)s1. The molecule has 53 heavy (non-hydrogen) atoms. The molecule has 270 valence electrons. The maximum Gasteiger partial charge on any atom is 0.234 e. The number of piperazine rings is 1. The first-order valence-electron chi connectivity index (χ1n) is 18.6. The number of pyridine rings is 1. The van der Waals surface area contributed by atoms with Crippen LogP contribution in [0.3, 0.4) is 0 Å². The minimum absolute atomic E-state index is 0.166. The number of nitrogens with zero attached hydrogens (tertiary/aromatic N) is 9. The van der Waals surface area contributed by atoms with E-state index in [1.165, 1.54) is 31.4 Å². The molecular weight excluding hydrogens is 687 g/mol. The second-order valence-electron chi connectivity index (χ2n) is 14.6. The zero-order chi connectivity index (χ0) is 35.9. The summed E-state index contributed by atoms with van der Waals surface area (Å²) < 4.78 is 1.86. The van der Waals surface area contributed by atoms with Crippen LogP contribution < -0.4 is 20.4 Å². The largest absolute Gasteiger partial charge is 0.372 e. The zero-order valence-electron chi connectivity index (χ0n) is 29.4. The molecule has 9 rings (SSSR count). The summed E-state index contributed by atoms with van der Waals surface area (Å²) in [7, 11) is 0. The van der Waals surface area contributed by atoms with E-state index in [1.54, 1.807) is 17.5 Å². The number of carbonyl (C=O) groups excluding carboxylic acids is 2. The van der Waals surface area contributed by atoms with Crippen LogP contribution >= 0.6 is 11.3 Å². The quantitative estimate of drug-likeness (QED) is 0.157. The molecule has 5 aromatic rings. The van der Waals surface area contributed by atoms with Crippen molar-refractivity contribution in [3.8, 4) is 28.0 Å². The molecule has 4 saturated heterocycles. The summed E-state index contributed by atoms with van der Waals surface area (Å²) in [5.74, 6) is 0.0706. The number of amides is 2. The molecule has 0 radical (unpaired) electrons. The van der Waals surface area contributed by atoms with Gasteiger partial charge in [0.25, 0.3) is 0 Å². The Morgan fingerprint density at radius 1 is 0.943 bits per heavy atom. The molecular formula is C39H41N11O2S. The van der Waals surface area contributed by atoms with Gasteiger partial charge in [0.1, 0.15) is 6.54 Å². The van der Waals surface area contributed by atoms with Crippen LogP contribution in [0.5, 0.6) is 0 Å². The number of imide groups is 1. The van der Waals surface area contributed by atoms with Gasteiger partial charge in [0.2, 0.25) is 16.9 Å².